The lowest BCUT2D eigenvalue weighted by Gasteiger charge is -2.40. The summed E-state index contributed by atoms with van der Waals surface area (Å²) < 4.78 is 19.1. The molecule has 1 fully saturated rings. The Balaban J connectivity index is 2.49. The van der Waals surface area contributed by atoms with Crippen LogP contribution in [0.15, 0.2) is 24.3 Å². The zero-order chi connectivity index (χ0) is 23.6. The summed E-state index contributed by atoms with van der Waals surface area (Å²) in [6.45, 7) is 13.2. The second-order valence-electron chi connectivity index (χ2n) is 8.32. The van der Waals surface area contributed by atoms with Crippen molar-refractivity contribution in [1.29, 1.82) is 0 Å². The van der Waals surface area contributed by atoms with Gasteiger partial charge in [0, 0.05) is 23.7 Å². The fourth-order valence-electron chi connectivity index (χ4n) is 3.03. The summed E-state index contributed by atoms with van der Waals surface area (Å²) in [4.78, 5) is 46.5. The first-order valence-corrected chi connectivity index (χ1v) is 9.90. The third-order valence-electron chi connectivity index (χ3n) is 4.80. The van der Waals surface area contributed by atoms with Crippen LogP contribution in [-0.2, 0) is 28.5 Å². The molecule has 0 radical (unpaired) electrons. The van der Waals surface area contributed by atoms with Gasteiger partial charge in [-0.3, -0.25) is 0 Å². The lowest BCUT2D eigenvalue weighted by Crippen LogP contribution is -2.50. The second kappa shape index (κ2) is 12.0. The normalized spacial score (nSPS) is 19.4. The summed E-state index contributed by atoms with van der Waals surface area (Å²) in [6, 6.07) is -0.269. The van der Waals surface area contributed by atoms with E-state index >= 15 is 0 Å². The Kier molecular flexibility index (Phi) is 10.0. The number of amides is 2. The monoisotopic (exact) mass is 440 g/mol. The molecular formula is C21H32N2O8. The van der Waals surface area contributed by atoms with Gasteiger partial charge in [0.25, 0.3) is 0 Å². The van der Waals surface area contributed by atoms with Crippen molar-refractivity contribution in [3.05, 3.63) is 24.3 Å². The van der Waals surface area contributed by atoms with E-state index in [1.54, 1.807) is 0 Å². The van der Waals surface area contributed by atoms with Gasteiger partial charge in [-0.2, -0.15) is 0 Å². The molecule has 1 aliphatic rings. The Labute approximate surface area is 182 Å². The molecule has 0 aromatic rings. The summed E-state index contributed by atoms with van der Waals surface area (Å²) >= 11 is 0. The second-order valence-corrected chi connectivity index (χ2v) is 8.32. The Morgan fingerprint density at radius 3 is 1.94 bits per heavy atom. The predicted octanol–water partition coefficient (Wildman–Crippen LogP) is 2.79. The van der Waals surface area contributed by atoms with E-state index in [1.165, 1.54) is 13.8 Å². The number of hydrogen-bond acceptors (Lipinski definition) is 8. The summed E-state index contributed by atoms with van der Waals surface area (Å²) in [5.74, 6) is -1.37. The largest absolute Gasteiger partial charge is 0.424 e. The number of carbonyl (C=O) groups is 4. The zero-order valence-corrected chi connectivity index (χ0v) is 18.6. The van der Waals surface area contributed by atoms with Crippen LogP contribution in [0.3, 0.4) is 0 Å². The van der Waals surface area contributed by atoms with Crippen molar-refractivity contribution >= 4 is 24.1 Å². The molecule has 174 valence electrons. The number of carbonyl (C=O) groups excluding carboxylic acids is 4. The number of alkyl carbamates (subject to hydrolysis) is 2. The van der Waals surface area contributed by atoms with Gasteiger partial charge in [-0.05, 0) is 44.4 Å². The molecule has 0 bridgehead atoms. The molecular weight excluding hydrogens is 408 g/mol. The molecule has 10 heteroatoms. The maximum absolute atomic E-state index is 12.1. The molecule has 0 aliphatic heterocycles. The van der Waals surface area contributed by atoms with Crippen molar-refractivity contribution in [2.75, 3.05) is 20.1 Å². The Morgan fingerprint density at radius 1 is 0.903 bits per heavy atom. The predicted molar refractivity (Wildman–Crippen MR) is 111 cm³/mol. The SMILES string of the molecule is C=C(C)C(=O)OCOC(=O)NCC1CCC(C)(C)CC1NC(=O)OCOC(=O)C(=C)C. The Bertz CT molecular complexity index is 716. The maximum atomic E-state index is 12.1. The van der Waals surface area contributed by atoms with Crippen LogP contribution in [0.1, 0.15) is 47.0 Å². The topological polar surface area (TPSA) is 129 Å². The third kappa shape index (κ3) is 10.0. The highest BCUT2D eigenvalue weighted by molar-refractivity contribution is 5.87. The summed E-state index contributed by atoms with van der Waals surface area (Å²) in [6.07, 6.45) is 0.872. The first-order chi connectivity index (χ1) is 14.4. The van der Waals surface area contributed by atoms with Crippen molar-refractivity contribution < 1.29 is 38.1 Å². The number of hydrogen-bond donors (Lipinski definition) is 2. The van der Waals surface area contributed by atoms with Crippen molar-refractivity contribution in [1.82, 2.24) is 10.6 Å². The van der Waals surface area contributed by atoms with E-state index in [1.807, 2.05) is 0 Å². The van der Waals surface area contributed by atoms with E-state index < -0.39 is 37.7 Å². The number of esters is 2. The van der Waals surface area contributed by atoms with Gasteiger partial charge >= 0.3 is 24.1 Å². The van der Waals surface area contributed by atoms with E-state index in [9.17, 15) is 19.2 Å². The van der Waals surface area contributed by atoms with Crippen LogP contribution < -0.4 is 10.6 Å². The lowest BCUT2D eigenvalue weighted by atomic mass is 9.70. The average Bonchev–Trinajstić information content (AvgIpc) is 2.66. The van der Waals surface area contributed by atoms with E-state index in [0.29, 0.717) is 6.42 Å². The molecule has 2 atom stereocenters. The minimum atomic E-state index is -0.743. The molecule has 10 nitrogen and oxygen atoms in total. The highest BCUT2D eigenvalue weighted by atomic mass is 16.7. The summed E-state index contributed by atoms with van der Waals surface area (Å²) in [7, 11) is 0. The van der Waals surface area contributed by atoms with Gasteiger partial charge in [-0.1, -0.05) is 27.0 Å². The highest BCUT2D eigenvalue weighted by Crippen LogP contribution is 2.38. The molecule has 1 aliphatic carbocycles. The number of rotatable bonds is 9. The first-order valence-electron chi connectivity index (χ1n) is 9.90. The van der Waals surface area contributed by atoms with Crippen LogP contribution in [0.2, 0.25) is 0 Å². The Morgan fingerprint density at radius 2 is 1.42 bits per heavy atom. The van der Waals surface area contributed by atoms with E-state index in [0.717, 1.165) is 12.8 Å². The third-order valence-corrected chi connectivity index (χ3v) is 4.80. The standard InChI is InChI=1S/C21H32N2O8/c1-13(2)17(24)28-11-30-19(26)22-10-15-7-8-21(5,6)9-16(15)23-20(27)31-12-29-18(25)14(3)4/h15-16H,1,3,7-12H2,2,4-6H3,(H,22,26)(H,23,27). The van der Waals surface area contributed by atoms with Crippen LogP contribution in [-0.4, -0.2) is 50.3 Å². The molecule has 2 unspecified atom stereocenters. The smallest absolute Gasteiger partial charge is 0.410 e. The number of ether oxygens (including phenoxy) is 4. The van der Waals surface area contributed by atoms with Gasteiger partial charge in [-0.25, -0.2) is 19.2 Å². The molecule has 2 N–H and O–H groups in total. The van der Waals surface area contributed by atoms with Crippen molar-refractivity contribution in [3.8, 4) is 0 Å². The van der Waals surface area contributed by atoms with Crippen LogP contribution >= 0.6 is 0 Å². The van der Waals surface area contributed by atoms with Crippen molar-refractivity contribution in [2.24, 2.45) is 11.3 Å². The van der Waals surface area contributed by atoms with Crippen molar-refractivity contribution in [3.63, 3.8) is 0 Å². The van der Waals surface area contributed by atoms with Crippen LogP contribution in [0.25, 0.3) is 0 Å². The fourth-order valence-corrected chi connectivity index (χ4v) is 3.03. The van der Waals surface area contributed by atoms with Gasteiger partial charge in [0.05, 0.1) is 0 Å². The fraction of sp³-hybridized carbons (Fsp3) is 0.619. The minimum absolute atomic E-state index is 0.00186. The molecule has 0 aromatic carbocycles. The van der Waals surface area contributed by atoms with Crippen LogP contribution in [0.4, 0.5) is 9.59 Å². The molecule has 0 saturated heterocycles. The van der Waals surface area contributed by atoms with Crippen molar-refractivity contribution in [2.45, 2.75) is 53.0 Å². The van der Waals surface area contributed by atoms with Gasteiger partial charge in [0.1, 0.15) is 0 Å². The Hall–Kier alpha value is -3.04. The highest BCUT2D eigenvalue weighted by Gasteiger charge is 2.36. The maximum Gasteiger partial charge on any atom is 0.410 e. The molecule has 1 saturated carbocycles. The van der Waals surface area contributed by atoms with Gasteiger partial charge in [0.15, 0.2) is 0 Å². The molecule has 0 aromatic heterocycles. The quantitative estimate of drug-likeness (QED) is 0.318. The molecule has 0 spiro atoms. The zero-order valence-electron chi connectivity index (χ0n) is 18.6. The van der Waals surface area contributed by atoms with Gasteiger partial charge < -0.3 is 29.6 Å². The van der Waals surface area contributed by atoms with E-state index in [-0.39, 0.29) is 35.1 Å². The molecule has 2 amide bonds. The molecule has 31 heavy (non-hydrogen) atoms. The van der Waals surface area contributed by atoms with Crippen LogP contribution in [0.5, 0.6) is 0 Å². The molecule has 0 heterocycles. The van der Waals surface area contributed by atoms with E-state index in [4.69, 9.17) is 18.9 Å². The van der Waals surface area contributed by atoms with E-state index in [2.05, 4.69) is 37.6 Å². The molecule has 1 rings (SSSR count). The summed E-state index contributed by atoms with van der Waals surface area (Å²) in [5.41, 5.74) is 0.396. The summed E-state index contributed by atoms with van der Waals surface area (Å²) in [5, 5.41) is 5.39. The number of nitrogens with one attached hydrogen (secondary N) is 2. The van der Waals surface area contributed by atoms with Gasteiger partial charge in [0.2, 0.25) is 13.6 Å². The average molecular weight is 440 g/mol. The van der Waals surface area contributed by atoms with Gasteiger partial charge in [-0.15, -0.1) is 0 Å². The minimum Gasteiger partial charge on any atom is -0.424 e. The lowest BCUT2D eigenvalue weighted by molar-refractivity contribution is -0.148. The first kappa shape index (κ1) is 26.0. The van der Waals surface area contributed by atoms with Crippen LogP contribution in [0, 0.1) is 11.3 Å².